The minimum atomic E-state index is 0.271. The SMILES string of the molecule is CC(C)c1ccc(SCCC(=O)N2CCC(N)CC2)cc1. The van der Waals surface area contributed by atoms with Gasteiger partial charge >= 0.3 is 0 Å². The van der Waals surface area contributed by atoms with Crippen LogP contribution < -0.4 is 5.73 Å². The highest BCUT2D eigenvalue weighted by Crippen LogP contribution is 2.22. The fraction of sp³-hybridized carbons (Fsp3) is 0.588. The Morgan fingerprint density at radius 2 is 1.90 bits per heavy atom. The maximum atomic E-state index is 12.1. The van der Waals surface area contributed by atoms with Gasteiger partial charge < -0.3 is 10.6 Å². The smallest absolute Gasteiger partial charge is 0.223 e. The molecular formula is C17H26N2OS. The molecule has 2 N–H and O–H groups in total. The number of hydrogen-bond donors (Lipinski definition) is 1. The van der Waals surface area contributed by atoms with Gasteiger partial charge in [-0.1, -0.05) is 26.0 Å². The Morgan fingerprint density at radius 3 is 2.48 bits per heavy atom. The Kier molecular flexibility index (Phi) is 6.12. The standard InChI is InChI=1S/C17H26N2OS/c1-13(2)14-3-5-16(6-4-14)21-12-9-17(20)19-10-7-15(18)8-11-19/h3-6,13,15H,7-12,18H2,1-2H3. The number of nitrogens with two attached hydrogens (primary N) is 1. The van der Waals surface area contributed by atoms with Gasteiger partial charge in [-0.05, 0) is 36.5 Å². The predicted octanol–water partition coefficient (Wildman–Crippen LogP) is 3.24. The first-order chi connectivity index (χ1) is 10.1. The first-order valence-corrected chi connectivity index (χ1v) is 8.81. The molecule has 1 aliphatic rings. The minimum Gasteiger partial charge on any atom is -0.343 e. The molecule has 1 amide bonds. The van der Waals surface area contributed by atoms with Gasteiger partial charge in [-0.25, -0.2) is 0 Å². The van der Waals surface area contributed by atoms with Crippen LogP contribution in [0.2, 0.25) is 0 Å². The highest BCUT2D eigenvalue weighted by Gasteiger charge is 2.19. The largest absolute Gasteiger partial charge is 0.343 e. The summed E-state index contributed by atoms with van der Waals surface area (Å²) in [5, 5.41) is 0. The van der Waals surface area contributed by atoms with Crippen LogP contribution in [0, 0.1) is 0 Å². The van der Waals surface area contributed by atoms with Gasteiger partial charge in [0.1, 0.15) is 0 Å². The summed E-state index contributed by atoms with van der Waals surface area (Å²) in [6.45, 7) is 6.05. The molecule has 0 aromatic heterocycles. The lowest BCUT2D eigenvalue weighted by atomic mass is 10.0. The van der Waals surface area contributed by atoms with Crippen molar-refractivity contribution >= 4 is 17.7 Å². The normalized spacial score (nSPS) is 16.5. The second-order valence-corrected chi connectivity index (χ2v) is 7.21. The van der Waals surface area contributed by atoms with Crippen molar-refractivity contribution in [3.8, 4) is 0 Å². The third-order valence-corrected chi connectivity index (χ3v) is 5.04. The predicted molar refractivity (Wildman–Crippen MR) is 89.7 cm³/mol. The van der Waals surface area contributed by atoms with Crippen LogP contribution in [0.3, 0.4) is 0 Å². The molecule has 1 saturated heterocycles. The second-order valence-electron chi connectivity index (χ2n) is 6.04. The van der Waals surface area contributed by atoms with Crippen LogP contribution in [0.4, 0.5) is 0 Å². The van der Waals surface area contributed by atoms with Crippen LogP contribution >= 0.6 is 11.8 Å². The van der Waals surface area contributed by atoms with E-state index < -0.39 is 0 Å². The van der Waals surface area contributed by atoms with Crippen molar-refractivity contribution in [1.29, 1.82) is 0 Å². The van der Waals surface area contributed by atoms with Gasteiger partial charge in [-0.3, -0.25) is 4.79 Å². The number of thioether (sulfide) groups is 1. The molecule has 1 heterocycles. The molecule has 1 aliphatic heterocycles. The third-order valence-electron chi connectivity index (χ3n) is 4.02. The third kappa shape index (κ3) is 5.04. The minimum absolute atomic E-state index is 0.271. The Morgan fingerprint density at radius 1 is 1.29 bits per heavy atom. The van der Waals surface area contributed by atoms with E-state index in [1.54, 1.807) is 11.8 Å². The lowest BCUT2D eigenvalue weighted by molar-refractivity contribution is -0.131. The molecule has 0 unspecified atom stereocenters. The Hall–Kier alpha value is -1.00. The van der Waals surface area contributed by atoms with Crippen molar-refractivity contribution in [3.63, 3.8) is 0 Å². The van der Waals surface area contributed by atoms with Crippen molar-refractivity contribution in [2.45, 2.75) is 50.0 Å². The van der Waals surface area contributed by atoms with Crippen molar-refractivity contribution in [1.82, 2.24) is 4.90 Å². The van der Waals surface area contributed by atoms with Crippen molar-refractivity contribution in [2.75, 3.05) is 18.8 Å². The summed E-state index contributed by atoms with van der Waals surface area (Å²) in [5.74, 6) is 1.69. The van der Waals surface area contributed by atoms with E-state index in [4.69, 9.17) is 5.73 Å². The molecule has 1 aromatic carbocycles. The van der Waals surface area contributed by atoms with Crippen molar-refractivity contribution < 1.29 is 4.79 Å². The van der Waals surface area contributed by atoms with Gasteiger partial charge in [-0.15, -0.1) is 11.8 Å². The Bertz CT molecular complexity index is 450. The topological polar surface area (TPSA) is 46.3 Å². The zero-order chi connectivity index (χ0) is 15.2. The average molecular weight is 306 g/mol. The molecule has 0 radical (unpaired) electrons. The quantitative estimate of drug-likeness (QED) is 0.850. The Labute approximate surface area is 132 Å². The van der Waals surface area contributed by atoms with Crippen LogP contribution in [0.15, 0.2) is 29.2 Å². The summed E-state index contributed by atoms with van der Waals surface area (Å²) in [7, 11) is 0. The summed E-state index contributed by atoms with van der Waals surface area (Å²) in [6, 6.07) is 8.96. The number of carbonyl (C=O) groups excluding carboxylic acids is 1. The van der Waals surface area contributed by atoms with Gasteiger partial charge in [0.05, 0.1) is 0 Å². The lowest BCUT2D eigenvalue weighted by Crippen LogP contribution is -2.42. The van der Waals surface area contributed by atoms with Gasteiger partial charge in [0, 0.05) is 36.2 Å². The van der Waals surface area contributed by atoms with Crippen LogP contribution in [0.1, 0.15) is 44.6 Å². The number of piperidine rings is 1. The molecule has 1 fully saturated rings. The Balaban J connectivity index is 1.72. The number of amides is 1. The van der Waals surface area contributed by atoms with E-state index in [2.05, 4.69) is 38.1 Å². The molecule has 4 heteroatoms. The fourth-order valence-corrected chi connectivity index (χ4v) is 3.35. The van der Waals surface area contributed by atoms with E-state index in [1.165, 1.54) is 10.5 Å². The summed E-state index contributed by atoms with van der Waals surface area (Å²) in [6.07, 6.45) is 2.50. The van der Waals surface area contributed by atoms with E-state index >= 15 is 0 Å². The fourth-order valence-electron chi connectivity index (χ4n) is 2.51. The molecule has 2 rings (SSSR count). The lowest BCUT2D eigenvalue weighted by Gasteiger charge is -2.30. The molecule has 1 aromatic rings. The van der Waals surface area contributed by atoms with Gasteiger partial charge in [-0.2, -0.15) is 0 Å². The molecule has 3 nitrogen and oxygen atoms in total. The molecule has 0 bridgehead atoms. The zero-order valence-electron chi connectivity index (χ0n) is 13.0. The molecule has 0 aliphatic carbocycles. The van der Waals surface area contributed by atoms with Crippen molar-refractivity contribution in [3.05, 3.63) is 29.8 Å². The maximum Gasteiger partial charge on any atom is 0.223 e. The van der Waals surface area contributed by atoms with Crippen LogP contribution in [-0.2, 0) is 4.79 Å². The van der Waals surface area contributed by atoms with Crippen molar-refractivity contribution in [2.24, 2.45) is 5.73 Å². The van der Waals surface area contributed by atoms with Crippen LogP contribution in [-0.4, -0.2) is 35.7 Å². The first kappa shape index (κ1) is 16.4. The summed E-state index contributed by atoms with van der Waals surface area (Å²) >= 11 is 1.76. The van der Waals surface area contributed by atoms with E-state index in [0.717, 1.165) is 31.7 Å². The van der Waals surface area contributed by atoms with Gasteiger partial charge in [0.15, 0.2) is 0 Å². The van der Waals surface area contributed by atoms with Gasteiger partial charge in [0.2, 0.25) is 5.91 Å². The van der Waals surface area contributed by atoms with E-state index in [-0.39, 0.29) is 11.9 Å². The summed E-state index contributed by atoms with van der Waals surface area (Å²) in [4.78, 5) is 15.3. The number of carbonyl (C=O) groups is 1. The highest BCUT2D eigenvalue weighted by molar-refractivity contribution is 7.99. The van der Waals surface area contributed by atoms with Crippen LogP contribution in [0.25, 0.3) is 0 Å². The average Bonchev–Trinajstić information content (AvgIpc) is 2.48. The monoisotopic (exact) mass is 306 g/mol. The van der Waals surface area contributed by atoms with Crippen LogP contribution in [0.5, 0.6) is 0 Å². The second kappa shape index (κ2) is 7.85. The number of likely N-dealkylation sites (tertiary alicyclic amines) is 1. The molecule has 0 saturated carbocycles. The number of rotatable bonds is 5. The molecule has 21 heavy (non-hydrogen) atoms. The van der Waals surface area contributed by atoms with E-state index in [9.17, 15) is 4.79 Å². The molecular weight excluding hydrogens is 280 g/mol. The summed E-state index contributed by atoms with van der Waals surface area (Å²) in [5.41, 5.74) is 7.23. The highest BCUT2D eigenvalue weighted by atomic mass is 32.2. The van der Waals surface area contributed by atoms with E-state index in [0.29, 0.717) is 12.3 Å². The van der Waals surface area contributed by atoms with Gasteiger partial charge in [0.25, 0.3) is 0 Å². The van der Waals surface area contributed by atoms with E-state index in [1.807, 2.05) is 4.90 Å². The first-order valence-electron chi connectivity index (χ1n) is 7.82. The number of benzene rings is 1. The number of nitrogens with zero attached hydrogens (tertiary/aromatic N) is 1. The summed E-state index contributed by atoms with van der Waals surface area (Å²) < 4.78 is 0. The molecule has 0 atom stereocenters. The zero-order valence-corrected chi connectivity index (χ0v) is 13.9. The molecule has 0 spiro atoms. The maximum absolute atomic E-state index is 12.1. The number of hydrogen-bond acceptors (Lipinski definition) is 3. The molecule has 116 valence electrons.